The molecule has 3 aromatic rings. The van der Waals surface area contributed by atoms with Crippen LogP contribution in [0.25, 0.3) is 21.1 Å². The van der Waals surface area contributed by atoms with E-state index in [0.29, 0.717) is 5.56 Å². The molecule has 32 heavy (non-hydrogen) atoms. The molecule has 0 atom stereocenters. The van der Waals surface area contributed by atoms with Crippen LogP contribution >= 0.6 is 11.3 Å². The molecule has 13 heteroatoms. The number of thiazole rings is 1. The molecule has 1 aromatic carbocycles. The van der Waals surface area contributed by atoms with E-state index in [-0.39, 0.29) is 32.1 Å². The molecule has 0 N–H and O–H groups in total. The van der Waals surface area contributed by atoms with Crippen LogP contribution in [0, 0.1) is 5.82 Å². The van der Waals surface area contributed by atoms with Crippen LogP contribution in [0.3, 0.4) is 0 Å². The van der Waals surface area contributed by atoms with E-state index < -0.39 is 34.4 Å². The zero-order valence-electron chi connectivity index (χ0n) is 16.2. The SMILES string of the molecule is CCS(=O)(=O)c1nc(-c2ccc(F)cc2)sc1-c1ccc(OCC(F)(F)C(F)(F)F)cn1. The maximum absolute atomic E-state index is 13.2. The number of benzene rings is 1. The molecule has 0 aliphatic rings. The number of aromatic nitrogens is 2. The van der Waals surface area contributed by atoms with Gasteiger partial charge in [0.05, 0.1) is 22.5 Å². The summed E-state index contributed by atoms with van der Waals surface area (Å²) in [6.07, 6.45) is -4.86. The Morgan fingerprint density at radius 2 is 1.69 bits per heavy atom. The van der Waals surface area contributed by atoms with Crippen LogP contribution in [-0.4, -0.2) is 42.8 Å². The van der Waals surface area contributed by atoms with Gasteiger partial charge < -0.3 is 4.74 Å². The number of hydrogen-bond acceptors (Lipinski definition) is 6. The molecule has 0 fully saturated rings. The molecule has 0 aliphatic carbocycles. The van der Waals surface area contributed by atoms with E-state index in [9.17, 15) is 34.8 Å². The first-order valence-corrected chi connectivity index (χ1v) is 11.3. The fraction of sp³-hybridized carbons (Fsp3) is 0.263. The van der Waals surface area contributed by atoms with Gasteiger partial charge >= 0.3 is 12.1 Å². The first kappa shape index (κ1) is 24.0. The number of sulfone groups is 1. The van der Waals surface area contributed by atoms with Crippen molar-refractivity contribution >= 4 is 21.2 Å². The number of ether oxygens (including phenoxy) is 1. The summed E-state index contributed by atoms with van der Waals surface area (Å²) in [6.45, 7) is -0.510. The van der Waals surface area contributed by atoms with Crippen molar-refractivity contribution in [2.24, 2.45) is 0 Å². The lowest BCUT2D eigenvalue weighted by molar-refractivity contribution is -0.290. The van der Waals surface area contributed by atoms with Gasteiger partial charge in [-0.25, -0.2) is 17.8 Å². The fourth-order valence-corrected chi connectivity index (χ4v) is 4.78. The van der Waals surface area contributed by atoms with E-state index in [2.05, 4.69) is 14.7 Å². The molecule has 0 amide bonds. The standard InChI is InChI=1S/C19H14F6N2O3S2/c1-2-32(28,29)17-15(31-16(27-17)11-3-5-12(20)6-4-11)14-8-7-13(9-26-14)30-10-18(21,22)19(23,24)25/h3-9H,2,10H2,1H3. The van der Waals surface area contributed by atoms with Gasteiger partial charge in [-0.1, -0.05) is 6.92 Å². The van der Waals surface area contributed by atoms with E-state index in [1.165, 1.54) is 37.3 Å². The van der Waals surface area contributed by atoms with Crippen molar-refractivity contribution in [3.8, 4) is 26.9 Å². The first-order valence-electron chi connectivity index (χ1n) is 8.87. The van der Waals surface area contributed by atoms with Crippen molar-refractivity contribution in [3.05, 3.63) is 48.4 Å². The first-order chi connectivity index (χ1) is 14.8. The van der Waals surface area contributed by atoms with E-state index in [0.717, 1.165) is 23.6 Å². The fourth-order valence-electron chi connectivity index (χ4n) is 2.39. The minimum Gasteiger partial charge on any atom is -0.485 e. The molecule has 2 aromatic heterocycles. The summed E-state index contributed by atoms with van der Waals surface area (Å²) in [5.41, 5.74) is 0.558. The van der Waals surface area contributed by atoms with E-state index in [1.807, 2.05) is 0 Å². The van der Waals surface area contributed by atoms with Crippen molar-refractivity contribution in [1.29, 1.82) is 0 Å². The minimum absolute atomic E-state index is 0.0952. The Hall–Kier alpha value is -2.67. The van der Waals surface area contributed by atoms with Crippen molar-refractivity contribution in [2.45, 2.75) is 24.0 Å². The maximum atomic E-state index is 13.2. The van der Waals surface area contributed by atoms with E-state index in [1.54, 1.807) is 0 Å². The Balaban J connectivity index is 1.93. The molecule has 5 nitrogen and oxygen atoms in total. The lowest BCUT2D eigenvalue weighted by Crippen LogP contribution is -2.41. The second-order valence-corrected chi connectivity index (χ2v) is 9.63. The maximum Gasteiger partial charge on any atom is 0.456 e. The van der Waals surface area contributed by atoms with Crippen LogP contribution in [-0.2, 0) is 9.84 Å². The van der Waals surface area contributed by atoms with Crippen LogP contribution in [0.15, 0.2) is 47.6 Å². The average molecular weight is 496 g/mol. The highest BCUT2D eigenvalue weighted by molar-refractivity contribution is 7.91. The number of hydrogen-bond donors (Lipinski definition) is 0. The average Bonchev–Trinajstić information content (AvgIpc) is 3.19. The molecule has 0 saturated carbocycles. The predicted molar refractivity (Wildman–Crippen MR) is 105 cm³/mol. The highest BCUT2D eigenvalue weighted by atomic mass is 32.2. The minimum atomic E-state index is -5.76. The topological polar surface area (TPSA) is 69.2 Å². The molecule has 0 radical (unpaired) electrons. The smallest absolute Gasteiger partial charge is 0.456 e. The third-order valence-electron chi connectivity index (χ3n) is 4.17. The second kappa shape index (κ2) is 8.70. The van der Waals surface area contributed by atoms with E-state index >= 15 is 0 Å². The quantitative estimate of drug-likeness (QED) is 0.411. The Morgan fingerprint density at radius 1 is 1.03 bits per heavy atom. The van der Waals surface area contributed by atoms with Crippen molar-refractivity contribution < 1.29 is 39.5 Å². The van der Waals surface area contributed by atoms with Gasteiger partial charge in [-0.2, -0.15) is 22.0 Å². The molecule has 172 valence electrons. The van der Waals surface area contributed by atoms with Crippen LogP contribution in [0.5, 0.6) is 5.75 Å². The summed E-state index contributed by atoms with van der Waals surface area (Å²) in [6, 6.07) is 7.53. The molecule has 0 bridgehead atoms. The van der Waals surface area contributed by atoms with Gasteiger partial charge in [0.25, 0.3) is 0 Å². The summed E-state index contributed by atoms with van der Waals surface area (Å²) in [5.74, 6) is -6.16. The Morgan fingerprint density at radius 3 is 2.22 bits per heavy atom. The van der Waals surface area contributed by atoms with Gasteiger partial charge in [-0.05, 0) is 36.4 Å². The molecule has 0 spiro atoms. The normalized spacial score (nSPS) is 12.7. The van der Waals surface area contributed by atoms with Gasteiger partial charge in [-0.3, -0.25) is 4.98 Å². The third-order valence-corrected chi connectivity index (χ3v) is 7.07. The number of rotatable bonds is 7. The summed E-state index contributed by atoms with van der Waals surface area (Å²) in [7, 11) is -3.80. The third kappa shape index (κ3) is 5.04. The number of nitrogens with zero attached hydrogens (tertiary/aromatic N) is 2. The number of pyridine rings is 1. The van der Waals surface area contributed by atoms with Crippen LogP contribution in [0.1, 0.15) is 6.92 Å². The van der Waals surface area contributed by atoms with Crippen LogP contribution in [0.2, 0.25) is 0 Å². The lowest BCUT2D eigenvalue weighted by Gasteiger charge is -2.19. The van der Waals surface area contributed by atoms with Crippen LogP contribution < -0.4 is 4.74 Å². The number of halogens is 6. The number of alkyl halides is 5. The monoisotopic (exact) mass is 496 g/mol. The van der Waals surface area contributed by atoms with Gasteiger partial charge in [0.1, 0.15) is 16.6 Å². The van der Waals surface area contributed by atoms with Gasteiger partial charge in [-0.15, -0.1) is 11.3 Å². The molecule has 0 unspecified atom stereocenters. The van der Waals surface area contributed by atoms with Gasteiger partial charge in [0.2, 0.25) is 0 Å². The van der Waals surface area contributed by atoms with E-state index in [4.69, 9.17) is 0 Å². The van der Waals surface area contributed by atoms with Gasteiger partial charge in [0, 0.05) is 5.56 Å². The molecule has 3 rings (SSSR count). The zero-order chi connectivity index (χ0) is 23.7. The summed E-state index contributed by atoms with van der Waals surface area (Å²) in [4.78, 5) is 8.23. The Labute approximate surface area is 182 Å². The predicted octanol–water partition coefficient (Wildman–Crippen LogP) is 5.38. The Kier molecular flexibility index (Phi) is 6.52. The second-order valence-electron chi connectivity index (χ2n) is 6.43. The molecular formula is C19H14F6N2O3S2. The van der Waals surface area contributed by atoms with Crippen LogP contribution in [0.4, 0.5) is 26.3 Å². The highest BCUT2D eigenvalue weighted by Crippen LogP contribution is 2.38. The molecule has 0 aliphatic heterocycles. The highest BCUT2D eigenvalue weighted by Gasteiger charge is 2.58. The van der Waals surface area contributed by atoms with Crippen molar-refractivity contribution in [2.75, 3.05) is 12.4 Å². The van der Waals surface area contributed by atoms with Crippen molar-refractivity contribution in [1.82, 2.24) is 9.97 Å². The molecule has 0 saturated heterocycles. The summed E-state index contributed by atoms with van der Waals surface area (Å²) >= 11 is 0.956. The lowest BCUT2D eigenvalue weighted by atomic mass is 10.2. The van der Waals surface area contributed by atoms with Gasteiger partial charge in [0.15, 0.2) is 21.5 Å². The summed E-state index contributed by atoms with van der Waals surface area (Å²) in [5, 5.41) is 0.00747. The molecular weight excluding hydrogens is 482 g/mol. The van der Waals surface area contributed by atoms with Crippen molar-refractivity contribution in [3.63, 3.8) is 0 Å². The zero-order valence-corrected chi connectivity index (χ0v) is 17.8. The molecule has 2 heterocycles. The summed E-state index contributed by atoms with van der Waals surface area (Å²) < 4.78 is 105. The largest absolute Gasteiger partial charge is 0.485 e. The Bertz CT molecular complexity index is 1190.